The molecular formula is C9H10Cl2O3S. The Morgan fingerprint density at radius 2 is 1.73 bits per heavy atom. The molecule has 0 aromatic heterocycles. The molecule has 0 heterocycles. The summed E-state index contributed by atoms with van der Waals surface area (Å²) in [6, 6.07) is 8.15. The van der Waals surface area contributed by atoms with Gasteiger partial charge in [-0.05, 0) is 5.56 Å². The van der Waals surface area contributed by atoms with Crippen molar-refractivity contribution in [1.29, 1.82) is 0 Å². The van der Waals surface area contributed by atoms with Gasteiger partial charge in [-0.15, -0.1) is 0 Å². The van der Waals surface area contributed by atoms with Crippen molar-refractivity contribution in [3.8, 4) is 0 Å². The number of halogens is 2. The maximum absolute atomic E-state index is 11.2. The molecule has 1 rings (SSSR count). The highest BCUT2D eigenvalue weighted by Crippen LogP contribution is 2.40. The van der Waals surface area contributed by atoms with Crippen molar-refractivity contribution < 1.29 is 13.5 Å². The smallest absolute Gasteiger partial charge is 0.247 e. The van der Waals surface area contributed by atoms with Crippen molar-refractivity contribution in [3.63, 3.8) is 0 Å². The number of benzene rings is 1. The lowest BCUT2D eigenvalue weighted by molar-refractivity contribution is 0.181. The van der Waals surface area contributed by atoms with Gasteiger partial charge < -0.3 is 5.11 Å². The standard InChI is InChI=1S/C9H10Cl2O3S/c1-15(13,14)9(10,11)8(12)7-5-3-2-4-6-7/h2-6,8,12H,1H3/t8-/m1/s1. The molecule has 3 nitrogen and oxygen atoms in total. The van der Waals surface area contributed by atoms with E-state index in [0.717, 1.165) is 6.26 Å². The number of rotatable bonds is 3. The summed E-state index contributed by atoms with van der Waals surface area (Å²) in [7, 11) is -3.77. The van der Waals surface area contributed by atoms with E-state index in [9.17, 15) is 13.5 Å². The number of hydrogen-bond acceptors (Lipinski definition) is 3. The zero-order chi connectivity index (χ0) is 11.7. The summed E-state index contributed by atoms with van der Waals surface area (Å²) in [4.78, 5) is 0. The van der Waals surface area contributed by atoms with Crippen LogP contribution in [0.25, 0.3) is 0 Å². The Kier molecular flexibility index (Phi) is 3.66. The predicted octanol–water partition coefficient (Wildman–Crippen LogP) is 1.90. The first-order valence-corrected chi connectivity index (χ1v) is 6.72. The topological polar surface area (TPSA) is 54.4 Å². The molecule has 0 amide bonds. The molecule has 1 N–H and O–H groups in total. The molecule has 0 aliphatic rings. The summed E-state index contributed by atoms with van der Waals surface area (Å²) in [5.74, 6) is 0. The summed E-state index contributed by atoms with van der Waals surface area (Å²) in [5.41, 5.74) is 0.355. The Hall–Kier alpha value is -0.290. The summed E-state index contributed by atoms with van der Waals surface area (Å²) in [6.45, 7) is 0. The lowest BCUT2D eigenvalue weighted by atomic mass is 10.1. The van der Waals surface area contributed by atoms with Gasteiger partial charge in [-0.2, -0.15) is 0 Å². The highest BCUT2D eigenvalue weighted by Gasteiger charge is 2.44. The van der Waals surface area contributed by atoms with E-state index in [1.807, 2.05) is 0 Å². The second-order valence-corrected chi connectivity index (χ2v) is 7.17. The monoisotopic (exact) mass is 268 g/mol. The van der Waals surface area contributed by atoms with Gasteiger partial charge in [-0.3, -0.25) is 0 Å². The fraction of sp³-hybridized carbons (Fsp3) is 0.333. The summed E-state index contributed by atoms with van der Waals surface area (Å²) >= 11 is 11.2. The Balaban J connectivity index is 3.11. The maximum Gasteiger partial charge on any atom is 0.247 e. The Bertz CT molecular complexity index is 428. The molecular weight excluding hydrogens is 259 g/mol. The fourth-order valence-electron chi connectivity index (χ4n) is 1.03. The highest BCUT2D eigenvalue weighted by molar-refractivity contribution is 7.94. The van der Waals surface area contributed by atoms with Crippen LogP contribution in [-0.2, 0) is 9.84 Å². The lowest BCUT2D eigenvalue weighted by Crippen LogP contribution is -2.32. The Morgan fingerprint density at radius 3 is 2.13 bits per heavy atom. The van der Waals surface area contributed by atoms with Crippen LogP contribution in [0.2, 0.25) is 0 Å². The van der Waals surface area contributed by atoms with Crippen LogP contribution in [0.3, 0.4) is 0 Å². The van der Waals surface area contributed by atoms with Crippen molar-refractivity contribution >= 4 is 33.0 Å². The van der Waals surface area contributed by atoms with Crippen molar-refractivity contribution in [2.75, 3.05) is 6.26 Å². The zero-order valence-electron chi connectivity index (χ0n) is 7.89. The first-order chi connectivity index (χ1) is 6.77. The average Bonchev–Trinajstić information content (AvgIpc) is 2.16. The second-order valence-electron chi connectivity index (χ2n) is 3.15. The van der Waals surface area contributed by atoms with E-state index in [1.165, 1.54) is 0 Å². The van der Waals surface area contributed by atoms with Gasteiger partial charge in [0.2, 0.25) is 3.67 Å². The Labute approximate surface area is 98.6 Å². The molecule has 0 aliphatic heterocycles. The molecule has 1 aromatic carbocycles. The van der Waals surface area contributed by atoms with Crippen LogP contribution < -0.4 is 0 Å². The molecule has 0 bridgehead atoms. The first kappa shape index (κ1) is 12.8. The van der Waals surface area contributed by atoms with Gasteiger partial charge in [0.1, 0.15) is 6.10 Å². The third kappa shape index (κ3) is 2.64. The zero-order valence-corrected chi connectivity index (χ0v) is 10.2. The first-order valence-electron chi connectivity index (χ1n) is 4.07. The second kappa shape index (κ2) is 4.29. The SMILES string of the molecule is CS(=O)(=O)C(Cl)(Cl)[C@H](O)c1ccccc1. The lowest BCUT2D eigenvalue weighted by Gasteiger charge is -2.23. The van der Waals surface area contributed by atoms with E-state index < -0.39 is 19.6 Å². The Morgan fingerprint density at radius 1 is 1.27 bits per heavy atom. The van der Waals surface area contributed by atoms with Gasteiger partial charge in [0.15, 0.2) is 9.84 Å². The van der Waals surface area contributed by atoms with E-state index in [-0.39, 0.29) is 0 Å². The van der Waals surface area contributed by atoms with Crippen LogP contribution in [0, 0.1) is 0 Å². The van der Waals surface area contributed by atoms with Crippen molar-refractivity contribution in [2.24, 2.45) is 0 Å². The molecule has 0 fully saturated rings. The number of aliphatic hydroxyl groups excluding tert-OH is 1. The van der Waals surface area contributed by atoms with Crippen molar-refractivity contribution in [3.05, 3.63) is 35.9 Å². The highest BCUT2D eigenvalue weighted by atomic mass is 35.5. The quantitative estimate of drug-likeness (QED) is 0.852. The van der Waals surface area contributed by atoms with Gasteiger partial charge in [-0.25, -0.2) is 8.42 Å². The van der Waals surface area contributed by atoms with Gasteiger partial charge in [0.05, 0.1) is 0 Å². The fourth-order valence-corrected chi connectivity index (χ4v) is 1.83. The van der Waals surface area contributed by atoms with E-state index in [1.54, 1.807) is 30.3 Å². The van der Waals surface area contributed by atoms with Crippen molar-refractivity contribution in [2.45, 2.75) is 9.77 Å². The van der Waals surface area contributed by atoms with Crippen molar-refractivity contribution in [1.82, 2.24) is 0 Å². The maximum atomic E-state index is 11.2. The number of sulfone groups is 1. The summed E-state index contributed by atoms with van der Waals surface area (Å²) in [6.07, 6.45) is -0.601. The molecule has 0 saturated heterocycles. The number of alkyl halides is 2. The normalized spacial score (nSPS) is 14.9. The molecule has 84 valence electrons. The number of aliphatic hydroxyl groups is 1. The molecule has 0 saturated carbocycles. The third-order valence-electron chi connectivity index (χ3n) is 1.93. The van der Waals surface area contributed by atoms with Crippen LogP contribution in [0.4, 0.5) is 0 Å². The van der Waals surface area contributed by atoms with E-state index in [4.69, 9.17) is 23.2 Å². The minimum atomic E-state index is -3.77. The van der Waals surface area contributed by atoms with Crippen LogP contribution >= 0.6 is 23.2 Å². The molecule has 1 aromatic rings. The average molecular weight is 269 g/mol. The van der Waals surface area contributed by atoms with Crippen LogP contribution in [0.15, 0.2) is 30.3 Å². The molecule has 0 aliphatic carbocycles. The van der Waals surface area contributed by atoms with E-state index in [0.29, 0.717) is 5.56 Å². The van der Waals surface area contributed by atoms with E-state index in [2.05, 4.69) is 0 Å². The minimum absolute atomic E-state index is 0.355. The third-order valence-corrected chi connectivity index (χ3v) is 5.24. The summed E-state index contributed by atoms with van der Waals surface area (Å²) < 4.78 is 20.3. The van der Waals surface area contributed by atoms with Gasteiger partial charge in [-0.1, -0.05) is 53.5 Å². The minimum Gasteiger partial charge on any atom is -0.384 e. The molecule has 0 spiro atoms. The van der Waals surface area contributed by atoms with Gasteiger partial charge in [0.25, 0.3) is 0 Å². The molecule has 6 heteroatoms. The van der Waals surface area contributed by atoms with Crippen LogP contribution in [-0.4, -0.2) is 23.4 Å². The molecule has 15 heavy (non-hydrogen) atoms. The molecule has 1 atom stereocenters. The van der Waals surface area contributed by atoms with Crippen LogP contribution in [0.1, 0.15) is 11.7 Å². The van der Waals surface area contributed by atoms with Gasteiger partial charge in [0, 0.05) is 6.26 Å². The number of hydrogen-bond donors (Lipinski definition) is 1. The summed E-state index contributed by atoms with van der Waals surface area (Å²) in [5, 5.41) is 9.74. The van der Waals surface area contributed by atoms with Gasteiger partial charge >= 0.3 is 0 Å². The molecule has 0 radical (unpaired) electrons. The predicted molar refractivity (Wildman–Crippen MR) is 60.7 cm³/mol. The van der Waals surface area contributed by atoms with E-state index >= 15 is 0 Å². The van der Waals surface area contributed by atoms with Crippen LogP contribution in [0.5, 0.6) is 0 Å². The largest absolute Gasteiger partial charge is 0.384 e. The molecule has 0 unspecified atom stereocenters.